The van der Waals surface area contributed by atoms with E-state index in [0.29, 0.717) is 35.2 Å². The lowest BCUT2D eigenvalue weighted by molar-refractivity contribution is 0.102. The van der Waals surface area contributed by atoms with E-state index in [4.69, 9.17) is 0 Å². The quantitative estimate of drug-likeness (QED) is 0.239. The third kappa shape index (κ3) is 6.07. The lowest BCUT2D eigenvalue weighted by Crippen LogP contribution is -2.36. The molecule has 0 aliphatic carbocycles. The lowest BCUT2D eigenvalue weighted by Gasteiger charge is -2.26. The van der Waals surface area contributed by atoms with Crippen molar-refractivity contribution in [3.8, 4) is 0 Å². The van der Waals surface area contributed by atoms with Gasteiger partial charge in [-0.25, -0.2) is 17.2 Å². The molecule has 11 nitrogen and oxygen atoms in total. The summed E-state index contributed by atoms with van der Waals surface area (Å²) in [4.78, 5) is 31.1. The van der Waals surface area contributed by atoms with Crippen LogP contribution in [-0.2, 0) is 29.5 Å². The lowest BCUT2D eigenvalue weighted by atomic mass is 10.1. The second kappa shape index (κ2) is 11.7. The molecular weight excluding hydrogens is 580 g/mol. The molecule has 0 atom stereocenters. The number of benzene rings is 2. The Hall–Kier alpha value is -4.40. The predicted molar refractivity (Wildman–Crippen MR) is 154 cm³/mol. The molecule has 0 bridgehead atoms. The van der Waals surface area contributed by atoms with Crippen molar-refractivity contribution in [3.63, 3.8) is 0 Å². The van der Waals surface area contributed by atoms with Gasteiger partial charge in [0.1, 0.15) is 17.3 Å². The first-order chi connectivity index (χ1) is 20.7. The highest BCUT2D eigenvalue weighted by Crippen LogP contribution is 2.30. The molecule has 43 heavy (non-hydrogen) atoms. The Bertz CT molecular complexity index is 1760. The number of amides is 2. The van der Waals surface area contributed by atoms with Crippen molar-refractivity contribution in [2.45, 2.75) is 37.2 Å². The van der Waals surface area contributed by atoms with Gasteiger partial charge in [-0.1, -0.05) is 6.07 Å². The summed E-state index contributed by atoms with van der Waals surface area (Å²) >= 11 is 0. The highest BCUT2D eigenvalue weighted by atomic mass is 32.2. The first kappa shape index (κ1) is 28.7. The minimum Gasteiger partial charge on any atom is -0.357 e. The summed E-state index contributed by atoms with van der Waals surface area (Å²) in [6.07, 6.45) is 4.13. The third-order valence-corrected chi connectivity index (χ3v) is 9.45. The Labute approximate surface area is 246 Å². The van der Waals surface area contributed by atoms with Gasteiger partial charge in [-0.15, -0.1) is 0 Å². The zero-order chi connectivity index (χ0) is 30.1. The summed E-state index contributed by atoms with van der Waals surface area (Å²) in [5.41, 5.74) is 2.84. The summed E-state index contributed by atoms with van der Waals surface area (Å²) in [5.74, 6) is -2.86. The Morgan fingerprint density at radius 3 is 2.44 bits per heavy atom. The summed E-state index contributed by atoms with van der Waals surface area (Å²) in [5, 5.41) is 12.6. The van der Waals surface area contributed by atoms with Crippen molar-refractivity contribution in [2.75, 3.05) is 30.3 Å². The molecule has 0 spiro atoms. The van der Waals surface area contributed by atoms with Crippen molar-refractivity contribution >= 4 is 33.3 Å². The first-order valence-electron chi connectivity index (χ1n) is 13.8. The predicted octanol–water partition coefficient (Wildman–Crippen LogP) is 3.86. The topological polar surface area (TPSA) is 143 Å². The zero-order valence-electron chi connectivity index (χ0n) is 23.0. The molecule has 0 unspecified atom stereocenters. The minimum absolute atomic E-state index is 0.0520. The van der Waals surface area contributed by atoms with E-state index in [0.717, 1.165) is 47.9 Å². The summed E-state index contributed by atoms with van der Waals surface area (Å²) in [6.45, 7) is 2.53. The molecular formula is C29H29F2N7O4S. The Morgan fingerprint density at radius 2 is 1.72 bits per heavy atom. The fourth-order valence-electron chi connectivity index (χ4n) is 5.43. The van der Waals surface area contributed by atoms with Crippen LogP contribution in [0.2, 0.25) is 0 Å². The molecule has 2 aliphatic heterocycles. The average Bonchev–Trinajstić information content (AvgIpc) is 3.76. The van der Waals surface area contributed by atoms with Gasteiger partial charge in [0, 0.05) is 49.6 Å². The van der Waals surface area contributed by atoms with Crippen molar-refractivity contribution in [1.29, 1.82) is 0 Å². The Balaban J connectivity index is 1.25. The van der Waals surface area contributed by atoms with E-state index in [9.17, 15) is 26.8 Å². The maximum absolute atomic E-state index is 13.8. The van der Waals surface area contributed by atoms with Crippen molar-refractivity contribution in [1.82, 2.24) is 24.4 Å². The number of carbonyl (C=O) groups is 2. The number of sulfonamides is 1. The number of hydrogen-bond donors (Lipinski definition) is 4. The van der Waals surface area contributed by atoms with Crippen molar-refractivity contribution in [3.05, 3.63) is 94.4 Å². The highest BCUT2D eigenvalue weighted by molar-refractivity contribution is 7.89. The molecule has 4 aromatic rings. The second-order valence-electron chi connectivity index (χ2n) is 10.6. The fourth-order valence-corrected chi connectivity index (χ4v) is 6.88. The van der Waals surface area contributed by atoms with Gasteiger partial charge in [0.15, 0.2) is 5.82 Å². The number of aromatic nitrogens is 3. The number of nitrogens with zero attached hydrogens (tertiary/aromatic N) is 3. The van der Waals surface area contributed by atoms with Crippen LogP contribution in [-0.4, -0.2) is 64.3 Å². The number of likely N-dealkylation sites (tertiary alicyclic amines) is 1. The molecule has 1 fully saturated rings. The highest BCUT2D eigenvalue weighted by Gasteiger charge is 2.32. The molecule has 1 saturated heterocycles. The molecule has 2 amide bonds. The Morgan fingerprint density at radius 1 is 0.953 bits per heavy atom. The SMILES string of the molecule is O=C(Nc1cc(CN2CCCC2)ccc1C(=O)Nc1n[nH]c2c1CN(S(=O)(=O)c1cc(F)cc(F)c1)CC2)c1ccc[nH]1. The number of carbonyl (C=O) groups excluding carboxylic acids is 2. The van der Waals surface area contributed by atoms with E-state index >= 15 is 0 Å². The third-order valence-electron chi connectivity index (χ3n) is 7.63. The maximum Gasteiger partial charge on any atom is 0.272 e. The van der Waals surface area contributed by atoms with Gasteiger partial charge < -0.3 is 15.6 Å². The second-order valence-corrected chi connectivity index (χ2v) is 12.5. The summed E-state index contributed by atoms with van der Waals surface area (Å²) in [6, 6.07) is 10.7. The van der Waals surface area contributed by atoms with Crippen LogP contribution >= 0.6 is 0 Å². The van der Waals surface area contributed by atoms with Crippen LogP contribution in [0, 0.1) is 11.6 Å². The monoisotopic (exact) mass is 609 g/mol. The maximum atomic E-state index is 13.8. The van der Waals surface area contributed by atoms with Gasteiger partial charge in [-0.2, -0.15) is 9.40 Å². The standard InChI is InChI=1S/C29H29F2N7O4S/c30-19-13-20(31)15-21(14-19)43(41,42)38-11-7-24-23(17-38)27(36-35-24)34-28(39)22-6-5-18(16-37-9-1-2-10-37)12-26(22)33-29(40)25-4-3-8-32-25/h3-6,8,12-15,32H,1-2,7,9-11,16-17H2,(H,33,40)(H2,34,35,36,39). The van der Waals surface area contributed by atoms with Gasteiger partial charge in [0.25, 0.3) is 11.8 Å². The Kier molecular flexibility index (Phi) is 7.81. The van der Waals surface area contributed by atoms with Crippen LogP contribution in [0.1, 0.15) is 50.5 Å². The molecule has 4 N–H and O–H groups in total. The van der Waals surface area contributed by atoms with E-state index in [-0.39, 0.29) is 30.9 Å². The summed E-state index contributed by atoms with van der Waals surface area (Å²) < 4.78 is 55.1. The molecule has 6 rings (SSSR count). The zero-order valence-corrected chi connectivity index (χ0v) is 23.8. The van der Waals surface area contributed by atoms with Crippen LogP contribution in [0.25, 0.3) is 0 Å². The minimum atomic E-state index is -4.24. The number of anilines is 2. The number of aromatic amines is 2. The van der Waals surface area contributed by atoms with Crippen molar-refractivity contribution < 1.29 is 26.8 Å². The molecule has 224 valence electrons. The summed E-state index contributed by atoms with van der Waals surface area (Å²) in [7, 11) is -4.24. The number of hydrogen-bond acceptors (Lipinski definition) is 6. The van der Waals surface area contributed by atoms with Crippen LogP contribution in [0.4, 0.5) is 20.3 Å². The van der Waals surface area contributed by atoms with Crippen LogP contribution < -0.4 is 10.6 Å². The number of rotatable bonds is 8. The molecule has 2 aromatic heterocycles. The van der Waals surface area contributed by atoms with E-state index in [1.165, 1.54) is 0 Å². The van der Waals surface area contributed by atoms with E-state index in [2.05, 4.69) is 30.7 Å². The van der Waals surface area contributed by atoms with Crippen LogP contribution in [0.5, 0.6) is 0 Å². The average molecular weight is 610 g/mol. The molecule has 4 heterocycles. The molecule has 14 heteroatoms. The van der Waals surface area contributed by atoms with E-state index in [1.807, 2.05) is 6.07 Å². The van der Waals surface area contributed by atoms with E-state index in [1.54, 1.807) is 30.5 Å². The van der Waals surface area contributed by atoms with Gasteiger partial charge in [-0.3, -0.25) is 19.6 Å². The van der Waals surface area contributed by atoms with Gasteiger partial charge >= 0.3 is 0 Å². The number of fused-ring (bicyclic) bond motifs is 1. The van der Waals surface area contributed by atoms with E-state index < -0.39 is 38.4 Å². The molecule has 2 aliphatic rings. The number of H-pyrrole nitrogens is 2. The van der Waals surface area contributed by atoms with Gasteiger partial charge in [0.2, 0.25) is 10.0 Å². The largest absolute Gasteiger partial charge is 0.357 e. The van der Waals surface area contributed by atoms with Crippen LogP contribution in [0.3, 0.4) is 0 Å². The fraction of sp³-hybridized carbons (Fsp3) is 0.276. The van der Waals surface area contributed by atoms with Crippen LogP contribution in [0.15, 0.2) is 59.6 Å². The van der Waals surface area contributed by atoms with Crippen molar-refractivity contribution in [2.24, 2.45) is 0 Å². The number of nitrogens with one attached hydrogen (secondary N) is 4. The molecule has 0 radical (unpaired) electrons. The number of halogens is 2. The molecule has 2 aromatic carbocycles. The normalized spacial score (nSPS) is 15.8. The smallest absolute Gasteiger partial charge is 0.272 e. The van der Waals surface area contributed by atoms with Gasteiger partial charge in [-0.05, 0) is 67.9 Å². The van der Waals surface area contributed by atoms with Gasteiger partial charge in [0.05, 0.1) is 16.1 Å². The molecule has 0 saturated carbocycles. The first-order valence-corrected chi connectivity index (χ1v) is 15.2.